The van der Waals surface area contributed by atoms with Gasteiger partial charge in [0, 0.05) is 48.4 Å². The number of urea groups is 1. The molecule has 0 radical (unpaired) electrons. The van der Waals surface area contributed by atoms with Crippen LogP contribution in [-0.4, -0.2) is 35.5 Å². The Kier molecular flexibility index (Phi) is 3.93. The predicted molar refractivity (Wildman–Crippen MR) is 94.3 cm³/mol. The van der Waals surface area contributed by atoms with Gasteiger partial charge in [-0.05, 0) is 48.2 Å². The molecule has 2 aromatic rings. The molecular weight excluding hydrogens is 322 g/mol. The second kappa shape index (κ2) is 6.10. The predicted octanol–water partition coefficient (Wildman–Crippen LogP) is 3.58. The van der Waals surface area contributed by atoms with Crippen LogP contribution in [0.5, 0.6) is 0 Å². The standard InChI is InChI=1S/C19H20ClN3O/c20-17-3-1-16(2-4-17)19(7-8-19)13-22-18(24)23-11-15(12-23)14-5-9-21-10-6-14/h1-6,9-10,15H,7-8,11-13H2,(H,22,24). The van der Waals surface area contributed by atoms with Crippen molar-refractivity contribution in [2.45, 2.75) is 24.2 Å². The van der Waals surface area contributed by atoms with E-state index in [1.165, 1.54) is 11.1 Å². The van der Waals surface area contributed by atoms with Crippen LogP contribution in [0.1, 0.15) is 29.9 Å². The van der Waals surface area contributed by atoms with E-state index in [4.69, 9.17) is 11.6 Å². The topological polar surface area (TPSA) is 45.2 Å². The maximum atomic E-state index is 12.3. The van der Waals surface area contributed by atoms with Crippen molar-refractivity contribution >= 4 is 17.6 Å². The minimum absolute atomic E-state index is 0.0422. The Morgan fingerprint density at radius 2 is 1.83 bits per heavy atom. The number of likely N-dealkylation sites (tertiary alicyclic amines) is 1. The van der Waals surface area contributed by atoms with Crippen LogP contribution in [0.15, 0.2) is 48.8 Å². The Balaban J connectivity index is 1.29. The van der Waals surface area contributed by atoms with Gasteiger partial charge in [-0.25, -0.2) is 4.79 Å². The largest absolute Gasteiger partial charge is 0.337 e. The number of nitrogens with zero attached hydrogens (tertiary/aromatic N) is 2. The molecule has 0 unspecified atom stereocenters. The lowest BCUT2D eigenvalue weighted by Gasteiger charge is -2.39. The fourth-order valence-electron chi connectivity index (χ4n) is 3.37. The highest BCUT2D eigenvalue weighted by molar-refractivity contribution is 6.30. The second-order valence-electron chi connectivity index (χ2n) is 6.83. The first-order valence-corrected chi connectivity index (χ1v) is 8.73. The van der Waals surface area contributed by atoms with Crippen molar-refractivity contribution in [1.82, 2.24) is 15.2 Å². The average Bonchev–Trinajstić information content (AvgIpc) is 3.34. The highest BCUT2D eigenvalue weighted by atomic mass is 35.5. The molecule has 4 nitrogen and oxygen atoms in total. The molecule has 1 aliphatic heterocycles. The molecule has 2 amide bonds. The summed E-state index contributed by atoms with van der Waals surface area (Å²) in [5.41, 5.74) is 2.63. The second-order valence-corrected chi connectivity index (χ2v) is 7.26. The normalized spacial score (nSPS) is 18.8. The van der Waals surface area contributed by atoms with Gasteiger partial charge in [-0.3, -0.25) is 4.98 Å². The van der Waals surface area contributed by atoms with Crippen LogP contribution in [0.25, 0.3) is 0 Å². The average molecular weight is 342 g/mol. The number of halogens is 1. The maximum Gasteiger partial charge on any atom is 0.317 e. The number of hydrogen-bond donors (Lipinski definition) is 1. The van der Waals surface area contributed by atoms with Crippen molar-refractivity contribution in [3.8, 4) is 0 Å². The molecule has 124 valence electrons. The molecule has 1 aromatic heterocycles. The number of carbonyl (C=O) groups excluding carboxylic acids is 1. The van der Waals surface area contributed by atoms with E-state index in [1.807, 2.05) is 29.2 Å². The molecule has 2 heterocycles. The maximum absolute atomic E-state index is 12.3. The Morgan fingerprint density at radius 1 is 1.17 bits per heavy atom. The van der Waals surface area contributed by atoms with Crippen LogP contribution in [0, 0.1) is 0 Å². The molecule has 24 heavy (non-hydrogen) atoms. The van der Waals surface area contributed by atoms with Gasteiger partial charge in [-0.1, -0.05) is 23.7 Å². The number of hydrogen-bond acceptors (Lipinski definition) is 2. The molecule has 1 aromatic carbocycles. The summed E-state index contributed by atoms with van der Waals surface area (Å²) in [7, 11) is 0. The fourth-order valence-corrected chi connectivity index (χ4v) is 3.50. The number of aromatic nitrogens is 1. The first kappa shape index (κ1) is 15.5. The monoisotopic (exact) mass is 341 g/mol. The Bertz CT molecular complexity index is 722. The molecule has 1 aliphatic carbocycles. The van der Waals surface area contributed by atoms with Crippen molar-refractivity contribution in [3.05, 3.63) is 64.9 Å². The highest BCUT2D eigenvalue weighted by Crippen LogP contribution is 2.47. The van der Waals surface area contributed by atoms with Gasteiger partial charge < -0.3 is 10.2 Å². The molecule has 2 aliphatic rings. The summed E-state index contributed by atoms with van der Waals surface area (Å²) in [6, 6.07) is 12.1. The van der Waals surface area contributed by atoms with E-state index in [2.05, 4.69) is 22.4 Å². The summed E-state index contributed by atoms with van der Waals surface area (Å²) in [5, 5.41) is 3.87. The minimum atomic E-state index is 0.0422. The van der Waals surface area contributed by atoms with Gasteiger partial charge in [0.2, 0.25) is 0 Å². The minimum Gasteiger partial charge on any atom is -0.337 e. The summed E-state index contributed by atoms with van der Waals surface area (Å²) >= 11 is 5.96. The zero-order chi connectivity index (χ0) is 16.6. The Labute approximate surface area is 146 Å². The molecule has 1 saturated carbocycles. The van der Waals surface area contributed by atoms with E-state index in [0.717, 1.165) is 31.0 Å². The van der Waals surface area contributed by atoms with Crippen LogP contribution < -0.4 is 5.32 Å². The third kappa shape index (κ3) is 2.98. The van der Waals surface area contributed by atoms with Crippen LogP contribution >= 0.6 is 11.6 Å². The van der Waals surface area contributed by atoms with Crippen molar-refractivity contribution in [1.29, 1.82) is 0 Å². The molecule has 0 atom stereocenters. The molecular formula is C19H20ClN3O. The molecule has 0 bridgehead atoms. The van der Waals surface area contributed by atoms with Gasteiger partial charge in [-0.2, -0.15) is 0 Å². The quantitative estimate of drug-likeness (QED) is 0.924. The van der Waals surface area contributed by atoms with Gasteiger partial charge in [0.25, 0.3) is 0 Å². The molecule has 4 rings (SSSR count). The van der Waals surface area contributed by atoms with Crippen molar-refractivity contribution in [3.63, 3.8) is 0 Å². The summed E-state index contributed by atoms with van der Waals surface area (Å²) in [6.45, 7) is 2.26. The van der Waals surface area contributed by atoms with E-state index < -0.39 is 0 Å². The Morgan fingerprint density at radius 3 is 2.46 bits per heavy atom. The Hall–Kier alpha value is -2.07. The van der Waals surface area contributed by atoms with Crippen molar-refractivity contribution in [2.24, 2.45) is 0 Å². The summed E-state index contributed by atoms with van der Waals surface area (Å²) in [6.07, 6.45) is 5.85. The molecule has 1 N–H and O–H groups in total. The third-order valence-corrected chi connectivity index (χ3v) is 5.49. The van der Waals surface area contributed by atoms with Gasteiger partial charge >= 0.3 is 6.03 Å². The lowest BCUT2D eigenvalue weighted by molar-refractivity contribution is 0.150. The van der Waals surface area contributed by atoms with Crippen LogP contribution in [0.2, 0.25) is 5.02 Å². The van der Waals surface area contributed by atoms with Gasteiger partial charge in [0.05, 0.1) is 0 Å². The number of amides is 2. The van der Waals surface area contributed by atoms with E-state index in [-0.39, 0.29) is 11.4 Å². The van der Waals surface area contributed by atoms with Gasteiger partial charge in [0.1, 0.15) is 0 Å². The number of benzene rings is 1. The SMILES string of the molecule is O=C(NCC1(c2ccc(Cl)cc2)CC1)N1CC(c2ccncc2)C1. The zero-order valence-corrected chi connectivity index (χ0v) is 14.2. The number of nitrogens with one attached hydrogen (secondary N) is 1. The van der Waals surface area contributed by atoms with Crippen molar-refractivity contribution in [2.75, 3.05) is 19.6 Å². The third-order valence-electron chi connectivity index (χ3n) is 5.23. The van der Waals surface area contributed by atoms with E-state index >= 15 is 0 Å². The zero-order valence-electron chi connectivity index (χ0n) is 13.4. The van der Waals surface area contributed by atoms with Crippen molar-refractivity contribution < 1.29 is 4.79 Å². The summed E-state index contributed by atoms with van der Waals surface area (Å²) in [4.78, 5) is 18.3. The summed E-state index contributed by atoms with van der Waals surface area (Å²) in [5.74, 6) is 0.435. The molecule has 2 fully saturated rings. The first-order valence-electron chi connectivity index (χ1n) is 8.35. The number of carbonyl (C=O) groups is 1. The molecule has 5 heteroatoms. The number of rotatable bonds is 4. The lowest BCUT2D eigenvalue weighted by Crippen LogP contribution is -2.53. The van der Waals surface area contributed by atoms with E-state index in [0.29, 0.717) is 12.5 Å². The first-order chi connectivity index (χ1) is 11.7. The molecule has 1 saturated heterocycles. The van der Waals surface area contributed by atoms with Crippen LogP contribution in [0.4, 0.5) is 4.79 Å². The fraction of sp³-hybridized carbons (Fsp3) is 0.368. The molecule has 0 spiro atoms. The van der Waals surface area contributed by atoms with Gasteiger partial charge in [0.15, 0.2) is 0 Å². The smallest absolute Gasteiger partial charge is 0.317 e. The van der Waals surface area contributed by atoms with Crippen LogP contribution in [0.3, 0.4) is 0 Å². The van der Waals surface area contributed by atoms with E-state index in [1.54, 1.807) is 12.4 Å². The van der Waals surface area contributed by atoms with Gasteiger partial charge in [-0.15, -0.1) is 0 Å². The summed E-state index contributed by atoms with van der Waals surface area (Å²) < 4.78 is 0. The van der Waals surface area contributed by atoms with E-state index in [9.17, 15) is 4.79 Å². The lowest BCUT2D eigenvalue weighted by atomic mass is 9.92. The number of pyridine rings is 1. The van der Waals surface area contributed by atoms with Crippen LogP contribution in [-0.2, 0) is 5.41 Å². The highest BCUT2D eigenvalue weighted by Gasteiger charge is 2.45.